The van der Waals surface area contributed by atoms with Crippen LogP contribution in [0.15, 0.2) is 57.8 Å². The maximum absolute atomic E-state index is 13.1. The largest absolute Gasteiger partial charge is 0.325 e. The fourth-order valence-corrected chi connectivity index (χ4v) is 5.39. The number of aryl methyl sites for hydroxylation is 3. The summed E-state index contributed by atoms with van der Waals surface area (Å²) < 4.78 is 2.29. The second-order valence-corrected chi connectivity index (χ2v) is 9.61. The van der Waals surface area contributed by atoms with E-state index in [1.165, 1.54) is 28.7 Å². The van der Waals surface area contributed by atoms with Crippen LogP contribution >= 0.6 is 23.1 Å². The molecule has 0 saturated heterocycles. The molecule has 0 saturated carbocycles. The highest BCUT2D eigenvalue weighted by molar-refractivity contribution is 7.99. The number of hydrogen-bond acceptors (Lipinski definition) is 5. The van der Waals surface area contributed by atoms with E-state index >= 15 is 0 Å². The summed E-state index contributed by atoms with van der Waals surface area (Å²) in [6, 6.07) is 14.1. The number of thiophene rings is 1. The van der Waals surface area contributed by atoms with E-state index in [1.807, 2.05) is 63.4 Å². The third-order valence-electron chi connectivity index (χ3n) is 5.31. The van der Waals surface area contributed by atoms with Gasteiger partial charge in [-0.25, -0.2) is 4.98 Å². The number of nitrogens with zero attached hydrogens (tertiary/aromatic N) is 2. The molecule has 32 heavy (non-hydrogen) atoms. The van der Waals surface area contributed by atoms with Crippen LogP contribution in [0.5, 0.6) is 0 Å². The smallest absolute Gasteiger partial charge is 0.272 e. The molecule has 7 heteroatoms. The van der Waals surface area contributed by atoms with Crippen molar-refractivity contribution in [1.82, 2.24) is 9.55 Å². The monoisotopic (exact) mass is 463 g/mol. The lowest BCUT2D eigenvalue weighted by Gasteiger charge is -2.12. The average Bonchev–Trinajstić information content (AvgIpc) is 3.19. The Morgan fingerprint density at radius 3 is 2.50 bits per heavy atom. The second-order valence-electron chi connectivity index (χ2n) is 7.79. The van der Waals surface area contributed by atoms with E-state index in [1.54, 1.807) is 4.57 Å². The van der Waals surface area contributed by atoms with Crippen LogP contribution in [0.25, 0.3) is 21.3 Å². The highest BCUT2D eigenvalue weighted by Gasteiger charge is 2.17. The normalized spacial score (nSPS) is 11.1. The van der Waals surface area contributed by atoms with Crippen molar-refractivity contribution in [3.05, 3.63) is 74.9 Å². The van der Waals surface area contributed by atoms with E-state index in [-0.39, 0.29) is 17.2 Å². The number of nitrogens with one attached hydrogen (secondary N) is 1. The van der Waals surface area contributed by atoms with Crippen LogP contribution in [-0.4, -0.2) is 21.2 Å². The van der Waals surface area contributed by atoms with E-state index < -0.39 is 0 Å². The van der Waals surface area contributed by atoms with Gasteiger partial charge in [0.2, 0.25) is 5.91 Å². The molecular formula is C25H25N3O2S2. The molecule has 4 rings (SSSR count). The Labute approximate surface area is 195 Å². The van der Waals surface area contributed by atoms with Crippen LogP contribution < -0.4 is 10.9 Å². The zero-order valence-electron chi connectivity index (χ0n) is 18.6. The first kappa shape index (κ1) is 22.3. The van der Waals surface area contributed by atoms with Gasteiger partial charge >= 0.3 is 0 Å². The lowest BCUT2D eigenvalue weighted by molar-refractivity contribution is -0.113. The molecule has 0 aliphatic heterocycles. The summed E-state index contributed by atoms with van der Waals surface area (Å²) in [5.74, 6) is 0.0537. The van der Waals surface area contributed by atoms with E-state index in [2.05, 4.69) is 17.4 Å². The van der Waals surface area contributed by atoms with Crippen LogP contribution in [0.1, 0.15) is 23.6 Å². The Balaban J connectivity index is 1.62. The van der Waals surface area contributed by atoms with Gasteiger partial charge in [0.1, 0.15) is 4.70 Å². The van der Waals surface area contributed by atoms with Gasteiger partial charge in [-0.2, -0.15) is 0 Å². The average molecular weight is 464 g/mol. The Morgan fingerprint density at radius 1 is 1.09 bits per heavy atom. The Kier molecular flexibility index (Phi) is 6.48. The molecule has 2 aromatic carbocycles. The first-order valence-electron chi connectivity index (χ1n) is 10.5. The molecule has 0 atom stereocenters. The molecule has 5 nitrogen and oxygen atoms in total. The number of hydrogen-bond donors (Lipinski definition) is 1. The van der Waals surface area contributed by atoms with Gasteiger partial charge in [0.15, 0.2) is 5.16 Å². The van der Waals surface area contributed by atoms with Crippen molar-refractivity contribution in [1.29, 1.82) is 0 Å². The predicted molar refractivity (Wildman–Crippen MR) is 135 cm³/mol. The molecule has 1 amide bonds. The predicted octanol–water partition coefficient (Wildman–Crippen LogP) is 5.80. The number of thioether (sulfide) groups is 1. The van der Waals surface area contributed by atoms with Gasteiger partial charge in [0.05, 0.1) is 11.3 Å². The number of amides is 1. The van der Waals surface area contributed by atoms with Gasteiger partial charge in [-0.1, -0.05) is 59.3 Å². The van der Waals surface area contributed by atoms with E-state index in [0.717, 1.165) is 27.9 Å². The Bertz CT molecular complexity index is 1350. The highest BCUT2D eigenvalue weighted by atomic mass is 32.2. The van der Waals surface area contributed by atoms with Gasteiger partial charge in [0.25, 0.3) is 5.56 Å². The molecule has 0 radical (unpaired) electrons. The molecule has 164 valence electrons. The van der Waals surface area contributed by atoms with Crippen LogP contribution in [0.4, 0.5) is 5.69 Å². The number of carbonyl (C=O) groups is 1. The maximum Gasteiger partial charge on any atom is 0.272 e. The molecule has 0 aliphatic carbocycles. The van der Waals surface area contributed by atoms with Gasteiger partial charge in [-0.3, -0.25) is 14.2 Å². The minimum Gasteiger partial charge on any atom is -0.325 e. The second kappa shape index (κ2) is 9.30. The summed E-state index contributed by atoms with van der Waals surface area (Å²) in [4.78, 5) is 30.5. The van der Waals surface area contributed by atoms with Gasteiger partial charge < -0.3 is 5.32 Å². The van der Waals surface area contributed by atoms with E-state index in [0.29, 0.717) is 21.9 Å². The molecule has 0 bridgehead atoms. The van der Waals surface area contributed by atoms with Crippen LogP contribution in [-0.2, 0) is 11.3 Å². The third kappa shape index (κ3) is 4.49. The standard InChI is InChI=1S/C25H25N3O2S2/c1-5-28-24(30)23-22(19(13-31-23)18-9-6-15(2)7-10-18)27-25(28)32-14-21(29)26-20-11-8-16(3)12-17(20)4/h6-13H,5,14H2,1-4H3,(H,26,29). The molecule has 0 spiro atoms. The first-order valence-corrected chi connectivity index (χ1v) is 12.3. The minimum atomic E-state index is -0.122. The van der Waals surface area contributed by atoms with Crippen molar-refractivity contribution < 1.29 is 4.79 Å². The molecule has 0 unspecified atom stereocenters. The number of rotatable bonds is 6. The zero-order valence-corrected chi connectivity index (χ0v) is 20.2. The summed E-state index contributed by atoms with van der Waals surface area (Å²) in [5.41, 5.74) is 6.79. The van der Waals surface area contributed by atoms with Crippen LogP contribution in [0.2, 0.25) is 0 Å². The Hall–Kier alpha value is -2.90. The topological polar surface area (TPSA) is 64.0 Å². The SMILES string of the molecule is CCn1c(SCC(=O)Nc2ccc(C)cc2C)nc2c(-c3ccc(C)cc3)csc2c1=O. The van der Waals surface area contributed by atoms with Crippen molar-refractivity contribution in [3.8, 4) is 11.1 Å². The number of carbonyl (C=O) groups excluding carboxylic acids is 1. The summed E-state index contributed by atoms with van der Waals surface area (Å²) in [6.45, 7) is 8.47. The zero-order chi connectivity index (χ0) is 22.8. The van der Waals surface area contributed by atoms with Crippen molar-refractivity contribution in [2.45, 2.75) is 39.4 Å². The lowest BCUT2D eigenvalue weighted by Crippen LogP contribution is -2.23. The van der Waals surface area contributed by atoms with Gasteiger partial charge in [-0.15, -0.1) is 11.3 Å². The molecule has 2 aromatic heterocycles. The molecule has 1 N–H and O–H groups in total. The number of anilines is 1. The maximum atomic E-state index is 13.1. The summed E-state index contributed by atoms with van der Waals surface area (Å²) in [5, 5.41) is 5.52. The van der Waals surface area contributed by atoms with Gasteiger partial charge in [0, 0.05) is 23.2 Å². The van der Waals surface area contributed by atoms with Crippen LogP contribution in [0, 0.1) is 20.8 Å². The molecule has 0 aliphatic rings. The van der Waals surface area contributed by atoms with Crippen molar-refractivity contribution in [3.63, 3.8) is 0 Å². The van der Waals surface area contributed by atoms with E-state index in [4.69, 9.17) is 4.98 Å². The van der Waals surface area contributed by atoms with Gasteiger partial charge in [-0.05, 0) is 44.9 Å². The molecular weight excluding hydrogens is 438 g/mol. The fourth-order valence-electron chi connectivity index (χ4n) is 3.58. The van der Waals surface area contributed by atoms with Crippen molar-refractivity contribution >= 4 is 44.9 Å². The molecule has 0 fully saturated rings. The minimum absolute atomic E-state index is 0.0573. The van der Waals surface area contributed by atoms with Crippen LogP contribution in [0.3, 0.4) is 0 Å². The Morgan fingerprint density at radius 2 is 1.81 bits per heavy atom. The fraction of sp³-hybridized carbons (Fsp3) is 0.240. The van der Waals surface area contributed by atoms with Crippen molar-refractivity contribution in [2.75, 3.05) is 11.1 Å². The summed E-state index contributed by atoms with van der Waals surface area (Å²) >= 11 is 2.71. The highest BCUT2D eigenvalue weighted by Crippen LogP contribution is 2.32. The summed E-state index contributed by atoms with van der Waals surface area (Å²) in [7, 11) is 0. The van der Waals surface area contributed by atoms with E-state index in [9.17, 15) is 9.59 Å². The quantitative estimate of drug-likeness (QED) is 0.290. The van der Waals surface area contributed by atoms with Crippen molar-refractivity contribution in [2.24, 2.45) is 0 Å². The molecule has 2 heterocycles. The number of fused-ring (bicyclic) bond motifs is 1. The number of aromatic nitrogens is 2. The first-order chi connectivity index (χ1) is 15.4. The number of benzene rings is 2. The lowest BCUT2D eigenvalue weighted by atomic mass is 10.1. The third-order valence-corrected chi connectivity index (χ3v) is 7.24. The summed E-state index contributed by atoms with van der Waals surface area (Å²) in [6.07, 6.45) is 0. The molecule has 4 aromatic rings.